The zero-order valence-corrected chi connectivity index (χ0v) is 7.25. The van der Waals surface area contributed by atoms with Crippen LogP contribution in [0.2, 0.25) is 0 Å². The first kappa shape index (κ1) is 8.75. The number of rotatable bonds is 5. The summed E-state index contributed by atoms with van der Waals surface area (Å²) >= 11 is 0. The summed E-state index contributed by atoms with van der Waals surface area (Å²) in [4.78, 5) is 0. The predicted molar refractivity (Wildman–Crippen MR) is 44.6 cm³/mol. The van der Waals surface area contributed by atoms with Gasteiger partial charge in [-0.3, -0.25) is 0 Å². The third kappa shape index (κ3) is 3.54. The molecule has 0 aromatic rings. The number of allylic oxidation sites excluding steroid dienone is 1. The molecule has 11 heavy (non-hydrogen) atoms. The minimum Gasteiger partial charge on any atom is -0.377 e. The van der Waals surface area contributed by atoms with Gasteiger partial charge in [0.05, 0.1) is 18.8 Å². The third-order valence-electron chi connectivity index (χ3n) is 1.89. The Morgan fingerprint density at radius 2 is 2.45 bits per heavy atom. The van der Waals surface area contributed by atoms with Crippen molar-refractivity contribution in [2.24, 2.45) is 0 Å². The number of hydrogen-bond donors (Lipinski definition) is 0. The first-order valence-corrected chi connectivity index (χ1v) is 4.14. The highest BCUT2D eigenvalue weighted by atomic mass is 16.6. The standard InChI is InChI=1S/C9H16O2/c1-3-4-8(10-2)5-6-9-7-11-9/h3-4,8-9H,5-7H2,1-2H3. The molecule has 2 atom stereocenters. The maximum atomic E-state index is 5.23. The molecule has 0 radical (unpaired) electrons. The summed E-state index contributed by atoms with van der Waals surface area (Å²) in [6.45, 7) is 2.96. The Kier molecular flexibility index (Phi) is 3.60. The maximum Gasteiger partial charge on any atom is 0.0811 e. The molecule has 0 amide bonds. The molecular weight excluding hydrogens is 140 g/mol. The second-order valence-electron chi connectivity index (χ2n) is 2.83. The first-order valence-electron chi connectivity index (χ1n) is 4.14. The molecule has 1 saturated heterocycles. The Morgan fingerprint density at radius 3 is 2.91 bits per heavy atom. The Morgan fingerprint density at radius 1 is 1.73 bits per heavy atom. The highest BCUT2D eigenvalue weighted by molar-refractivity contribution is 4.87. The molecule has 1 aliphatic rings. The molecule has 0 N–H and O–H groups in total. The smallest absolute Gasteiger partial charge is 0.0811 e. The van der Waals surface area contributed by atoms with Crippen LogP contribution in [-0.4, -0.2) is 25.9 Å². The Balaban J connectivity index is 2.08. The van der Waals surface area contributed by atoms with Crippen LogP contribution in [-0.2, 0) is 9.47 Å². The zero-order valence-electron chi connectivity index (χ0n) is 7.25. The van der Waals surface area contributed by atoms with E-state index in [0.717, 1.165) is 19.4 Å². The van der Waals surface area contributed by atoms with Gasteiger partial charge in [0.1, 0.15) is 0 Å². The van der Waals surface area contributed by atoms with E-state index in [0.29, 0.717) is 6.10 Å². The fraction of sp³-hybridized carbons (Fsp3) is 0.778. The zero-order chi connectivity index (χ0) is 8.10. The van der Waals surface area contributed by atoms with Crippen molar-refractivity contribution < 1.29 is 9.47 Å². The number of hydrogen-bond acceptors (Lipinski definition) is 2. The van der Waals surface area contributed by atoms with Crippen LogP contribution in [0.25, 0.3) is 0 Å². The van der Waals surface area contributed by atoms with Crippen molar-refractivity contribution in [2.45, 2.75) is 32.0 Å². The lowest BCUT2D eigenvalue weighted by molar-refractivity contribution is 0.129. The van der Waals surface area contributed by atoms with Gasteiger partial charge in [0, 0.05) is 7.11 Å². The molecule has 1 rings (SSSR count). The van der Waals surface area contributed by atoms with Gasteiger partial charge >= 0.3 is 0 Å². The average molecular weight is 156 g/mol. The van der Waals surface area contributed by atoms with Gasteiger partial charge in [-0.15, -0.1) is 0 Å². The van der Waals surface area contributed by atoms with E-state index in [-0.39, 0.29) is 6.10 Å². The van der Waals surface area contributed by atoms with Gasteiger partial charge in [-0.2, -0.15) is 0 Å². The minimum atomic E-state index is 0.282. The molecule has 2 nitrogen and oxygen atoms in total. The van der Waals surface area contributed by atoms with E-state index in [1.807, 2.05) is 13.0 Å². The van der Waals surface area contributed by atoms with E-state index in [9.17, 15) is 0 Å². The number of epoxide rings is 1. The van der Waals surface area contributed by atoms with Gasteiger partial charge in [0.2, 0.25) is 0 Å². The van der Waals surface area contributed by atoms with Crippen LogP contribution in [0.5, 0.6) is 0 Å². The molecule has 2 heteroatoms. The molecule has 2 unspecified atom stereocenters. The van der Waals surface area contributed by atoms with E-state index in [4.69, 9.17) is 9.47 Å². The fourth-order valence-corrected chi connectivity index (χ4v) is 1.09. The van der Waals surface area contributed by atoms with Crippen molar-refractivity contribution >= 4 is 0 Å². The van der Waals surface area contributed by atoms with Crippen molar-refractivity contribution in [1.29, 1.82) is 0 Å². The fourth-order valence-electron chi connectivity index (χ4n) is 1.09. The molecule has 1 heterocycles. The lowest BCUT2D eigenvalue weighted by Gasteiger charge is -2.08. The van der Waals surface area contributed by atoms with E-state index in [1.54, 1.807) is 7.11 Å². The van der Waals surface area contributed by atoms with Crippen LogP contribution in [0.4, 0.5) is 0 Å². The molecule has 64 valence electrons. The average Bonchev–Trinajstić information content (AvgIpc) is 2.81. The minimum absolute atomic E-state index is 0.282. The third-order valence-corrected chi connectivity index (χ3v) is 1.89. The number of methoxy groups -OCH3 is 1. The van der Waals surface area contributed by atoms with Crippen molar-refractivity contribution in [1.82, 2.24) is 0 Å². The Bertz CT molecular complexity index is 128. The molecule has 0 aliphatic carbocycles. The van der Waals surface area contributed by atoms with E-state index in [2.05, 4.69) is 6.08 Å². The van der Waals surface area contributed by atoms with Crippen molar-refractivity contribution in [3.05, 3.63) is 12.2 Å². The molecule has 0 spiro atoms. The van der Waals surface area contributed by atoms with E-state index >= 15 is 0 Å². The van der Waals surface area contributed by atoms with Gasteiger partial charge in [0.25, 0.3) is 0 Å². The monoisotopic (exact) mass is 156 g/mol. The van der Waals surface area contributed by atoms with E-state index in [1.165, 1.54) is 0 Å². The first-order chi connectivity index (χ1) is 5.36. The van der Waals surface area contributed by atoms with Crippen molar-refractivity contribution in [3.63, 3.8) is 0 Å². The van der Waals surface area contributed by atoms with Crippen molar-refractivity contribution in [2.75, 3.05) is 13.7 Å². The van der Waals surface area contributed by atoms with Gasteiger partial charge < -0.3 is 9.47 Å². The summed E-state index contributed by atoms with van der Waals surface area (Å²) in [7, 11) is 1.75. The van der Waals surface area contributed by atoms with Crippen LogP contribution in [0.3, 0.4) is 0 Å². The Labute approximate surface area is 68.2 Å². The van der Waals surface area contributed by atoms with Crippen LogP contribution in [0.1, 0.15) is 19.8 Å². The summed E-state index contributed by atoms with van der Waals surface area (Å²) < 4.78 is 10.3. The van der Waals surface area contributed by atoms with Crippen molar-refractivity contribution in [3.8, 4) is 0 Å². The van der Waals surface area contributed by atoms with Gasteiger partial charge in [-0.1, -0.05) is 12.2 Å². The molecule has 0 aromatic carbocycles. The predicted octanol–water partition coefficient (Wildman–Crippen LogP) is 1.76. The maximum absolute atomic E-state index is 5.23. The topological polar surface area (TPSA) is 21.8 Å². The van der Waals surface area contributed by atoms with E-state index < -0.39 is 0 Å². The highest BCUT2D eigenvalue weighted by Crippen LogP contribution is 2.17. The molecule has 0 saturated carbocycles. The normalized spacial score (nSPS) is 25.8. The second-order valence-corrected chi connectivity index (χ2v) is 2.83. The van der Waals surface area contributed by atoms with Crippen LogP contribution in [0, 0.1) is 0 Å². The summed E-state index contributed by atoms with van der Waals surface area (Å²) in [6, 6.07) is 0. The lowest BCUT2D eigenvalue weighted by Crippen LogP contribution is -2.07. The quantitative estimate of drug-likeness (QED) is 0.447. The summed E-state index contributed by atoms with van der Waals surface area (Å²) in [5, 5.41) is 0. The summed E-state index contributed by atoms with van der Waals surface area (Å²) in [5.74, 6) is 0. The Hall–Kier alpha value is -0.340. The molecular formula is C9H16O2. The van der Waals surface area contributed by atoms with Gasteiger partial charge in [-0.25, -0.2) is 0 Å². The van der Waals surface area contributed by atoms with Crippen LogP contribution in [0.15, 0.2) is 12.2 Å². The molecule has 0 aromatic heterocycles. The lowest BCUT2D eigenvalue weighted by atomic mass is 10.1. The summed E-state index contributed by atoms with van der Waals surface area (Å²) in [5.41, 5.74) is 0. The number of ether oxygens (including phenoxy) is 2. The van der Waals surface area contributed by atoms with Crippen LogP contribution >= 0.6 is 0 Å². The molecule has 1 aliphatic heterocycles. The second kappa shape index (κ2) is 4.52. The van der Waals surface area contributed by atoms with Gasteiger partial charge in [-0.05, 0) is 19.8 Å². The summed E-state index contributed by atoms with van der Waals surface area (Å²) in [6.07, 6.45) is 7.13. The molecule has 0 bridgehead atoms. The largest absolute Gasteiger partial charge is 0.377 e. The SMILES string of the molecule is CC=CC(CCC1CO1)OC. The van der Waals surface area contributed by atoms with Gasteiger partial charge in [0.15, 0.2) is 0 Å². The van der Waals surface area contributed by atoms with Crippen LogP contribution < -0.4 is 0 Å². The molecule has 1 fully saturated rings. The highest BCUT2D eigenvalue weighted by Gasteiger charge is 2.22.